The fourth-order valence-electron chi connectivity index (χ4n) is 2.62. The minimum atomic E-state index is 0.836. The second-order valence-electron chi connectivity index (χ2n) is 4.46. The predicted octanol–water partition coefficient (Wildman–Crippen LogP) is 1.28. The smallest absolute Gasteiger partial charge is 0.185 e. The summed E-state index contributed by atoms with van der Waals surface area (Å²) in [5, 5.41) is 3.25. The Balaban J connectivity index is 1.79. The molecule has 0 unspecified atom stereocenters. The minimum absolute atomic E-state index is 0.836. The molecule has 4 rings (SSSR count). The molecule has 0 fully saturated rings. The Morgan fingerprint density at radius 1 is 1.35 bits per heavy atom. The zero-order valence-electron chi connectivity index (χ0n) is 9.44. The molecule has 0 aromatic heterocycles. The van der Waals surface area contributed by atoms with Gasteiger partial charge < -0.3 is 15.0 Å². The molecule has 0 spiro atoms. The van der Waals surface area contributed by atoms with Crippen LogP contribution in [0.25, 0.3) is 0 Å². The van der Waals surface area contributed by atoms with Crippen molar-refractivity contribution in [1.82, 2.24) is 5.32 Å². The number of benzene rings is 1. The monoisotopic (exact) mass is 227 g/mol. The van der Waals surface area contributed by atoms with Crippen molar-refractivity contribution in [2.75, 3.05) is 24.5 Å². The summed E-state index contributed by atoms with van der Waals surface area (Å²) in [4.78, 5) is 6.67. The Hall–Kier alpha value is -1.97. The quantitative estimate of drug-likeness (QED) is 0.785. The van der Waals surface area contributed by atoms with Gasteiger partial charge in [0.1, 0.15) is 0 Å². The number of nitrogens with one attached hydrogen (secondary N) is 1. The van der Waals surface area contributed by atoms with Crippen LogP contribution >= 0.6 is 0 Å². The second kappa shape index (κ2) is 3.26. The summed E-state index contributed by atoms with van der Waals surface area (Å²) in [6.07, 6.45) is 3.16. The highest BCUT2D eigenvalue weighted by Gasteiger charge is 2.28. The van der Waals surface area contributed by atoms with Crippen molar-refractivity contribution >= 4 is 11.5 Å². The molecule has 4 nitrogen and oxygen atoms in total. The highest BCUT2D eigenvalue weighted by molar-refractivity contribution is 5.99. The lowest BCUT2D eigenvalue weighted by Crippen LogP contribution is -2.28. The molecule has 86 valence electrons. The Labute approximate surface area is 99.6 Å². The topological polar surface area (TPSA) is 36.9 Å². The van der Waals surface area contributed by atoms with Crippen LogP contribution in [-0.4, -0.2) is 25.5 Å². The van der Waals surface area contributed by atoms with E-state index in [1.54, 1.807) is 0 Å². The van der Waals surface area contributed by atoms with Crippen molar-refractivity contribution in [2.24, 2.45) is 4.99 Å². The molecule has 0 aliphatic carbocycles. The van der Waals surface area contributed by atoms with Crippen LogP contribution in [0.4, 0.5) is 5.69 Å². The van der Waals surface area contributed by atoms with Gasteiger partial charge >= 0.3 is 0 Å². The number of amidine groups is 1. The molecule has 17 heavy (non-hydrogen) atoms. The number of para-hydroxylation sites is 1. The summed E-state index contributed by atoms with van der Waals surface area (Å²) < 4.78 is 5.93. The molecule has 3 aliphatic rings. The highest BCUT2D eigenvalue weighted by Crippen LogP contribution is 2.41. The van der Waals surface area contributed by atoms with Gasteiger partial charge in [0.2, 0.25) is 0 Å². The van der Waals surface area contributed by atoms with Gasteiger partial charge in [0, 0.05) is 13.1 Å². The van der Waals surface area contributed by atoms with E-state index in [9.17, 15) is 0 Å². The van der Waals surface area contributed by atoms with E-state index in [4.69, 9.17) is 4.74 Å². The van der Waals surface area contributed by atoms with Crippen LogP contribution in [0.2, 0.25) is 0 Å². The molecular weight excluding hydrogens is 214 g/mol. The number of ether oxygens (including phenoxy) is 1. The van der Waals surface area contributed by atoms with Crippen LogP contribution in [0, 0.1) is 0 Å². The van der Waals surface area contributed by atoms with Crippen LogP contribution in [0.5, 0.6) is 5.75 Å². The van der Waals surface area contributed by atoms with Crippen molar-refractivity contribution < 1.29 is 4.74 Å². The molecule has 0 bridgehead atoms. The maximum Gasteiger partial charge on any atom is 0.185 e. The molecule has 0 saturated carbocycles. The zero-order valence-corrected chi connectivity index (χ0v) is 9.44. The summed E-state index contributed by atoms with van der Waals surface area (Å²) in [5.74, 6) is 2.68. The summed E-state index contributed by atoms with van der Waals surface area (Å²) in [5.41, 5.74) is 2.61. The summed E-state index contributed by atoms with van der Waals surface area (Å²) in [7, 11) is 0. The largest absolute Gasteiger partial charge is 0.450 e. The SMILES string of the molecule is C1=C(C2=NCCN2)Oc2cccc3c2N1CC3. The van der Waals surface area contributed by atoms with E-state index in [0.29, 0.717) is 0 Å². The second-order valence-corrected chi connectivity index (χ2v) is 4.46. The van der Waals surface area contributed by atoms with Crippen LogP contribution in [0.1, 0.15) is 5.56 Å². The van der Waals surface area contributed by atoms with E-state index >= 15 is 0 Å². The fourth-order valence-corrected chi connectivity index (χ4v) is 2.62. The molecule has 3 aliphatic heterocycles. The number of rotatable bonds is 1. The molecular formula is C13H13N3O. The summed E-state index contributed by atoms with van der Waals surface area (Å²) >= 11 is 0. The Bertz CT molecular complexity index is 548. The standard InChI is InChI=1S/C13H13N3O/c1-2-9-4-7-16-8-11(13-14-5-6-15-13)17-10(3-1)12(9)16/h1-3,8H,4-7H2,(H,14,15). The van der Waals surface area contributed by atoms with Gasteiger partial charge in [0.25, 0.3) is 0 Å². The highest BCUT2D eigenvalue weighted by atomic mass is 16.5. The zero-order chi connectivity index (χ0) is 11.2. The van der Waals surface area contributed by atoms with Crippen molar-refractivity contribution in [3.05, 3.63) is 35.7 Å². The van der Waals surface area contributed by atoms with Crippen LogP contribution < -0.4 is 15.0 Å². The van der Waals surface area contributed by atoms with Crippen LogP contribution in [0.15, 0.2) is 35.2 Å². The van der Waals surface area contributed by atoms with Gasteiger partial charge in [-0.25, -0.2) is 0 Å². The van der Waals surface area contributed by atoms with Gasteiger partial charge in [-0.05, 0) is 18.1 Å². The Morgan fingerprint density at radius 3 is 3.24 bits per heavy atom. The van der Waals surface area contributed by atoms with Crippen LogP contribution in [-0.2, 0) is 6.42 Å². The Kier molecular flexibility index (Phi) is 1.75. The van der Waals surface area contributed by atoms with Crippen molar-refractivity contribution in [3.8, 4) is 5.75 Å². The van der Waals surface area contributed by atoms with E-state index in [1.807, 2.05) is 6.07 Å². The predicted molar refractivity (Wildman–Crippen MR) is 66.5 cm³/mol. The molecule has 0 radical (unpaired) electrons. The van der Waals surface area contributed by atoms with Crippen molar-refractivity contribution in [3.63, 3.8) is 0 Å². The van der Waals surface area contributed by atoms with Gasteiger partial charge in [0.05, 0.1) is 18.4 Å². The molecule has 4 heteroatoms. The third-order valence-corrected chi connectivity index (χ3v) is 3.39. The lowest BCUT2D eigenvalue weighted by molar-refractivity contribution is 0.442. The maximum absolute atomic E-state index is 5.93. The first-order valence-electron chi connectivity index (χ1n) is 5.99. The van der Waals surface area contributed by atoms with E-state index in [-0.39, 0.29) is 0 Å². The van der Waals surface area contributed by atoms with E-state index < -0.39 is 0 Å². The molecule has 0 saturated heterocycles. The first-order valence-corrected chi connectivity index (χ1v) is 5.99. The summed E-state index contributed by atoms with van der Waals surface area (Å²) in [6, 6.07) is 6.26. The van der Waals surface area contributed by atoms with Crippen molar-refractivity contribution in [2.45, 2.75) is 6.42 Å². The van der Waals surface area contributed by atoms with Crippen molar-refractivity contribution in [1.29, 1.82) is 0 Å². The fraction of sp³-hybridized carbons (Fsp3) is 0.308. The number of anilines is 1. The van der Waals surface area contributed by atoms with Gasteiger partial charge in [-0.2, -0.15) is 0 Å². The average Bonchev–Trinajstić information content (AvgIpc) is 2.99. The Morgan fingerprint density at radius 2 is 2.35 bits per heavy atom. The van der Waals surface area contributed by atoms with Gasteiger partial charge in [-0.3, -0.25) is 4.99 Å². The van der Waals surface area contributed by atoms with Crippen LogP contribution in [0.3, 0.4) is 0 Å². The van der Waals surface area contributed by atoms with E-state index in [1.165, 1.54) is 11.3 Å². The number of hydrogen-bond donors (Lipinski definition) is 1. The average molecular weight is 227 g/mol. The molecule has 1 N–H and O–H groups in total. The maximum atomic E-state index is 5.93. The number of aliphatic imine (C=N–C) groups is 1. The van der Waals surface area contributed by atoms with Gasteiger partial charge in [-0.15, -0.1) is 0 Å². The first kappa shape index (κ1) is 9.10. The number of nitrogens with zero attached hydrogens (tertiary/aromatic N) is 2. The van der Waals surface area contributed by atoms with E-state index in [0.717, 1.165) is 43.4 Å². The molecule has 0 atom stereocenters. The summed E-state index contributed by atoms with van der Waals surface area (Å²) in [6.45, 7) is 2.78. The minimum Gasteiger partial charge on any atom is -0.450 e. The molecule has 1 aromatic carbocycles. The number of hydrogen-bond acceptors (Lipinski definition) is 4. The lowest BCUT2D eigenvalue weighted by Gasteiger charge is -2.25. The first-order chi connectivity index (χ1) is 8.42. The normalized spacial score (nSPS) is 20.4. The van der Waals surface area contributed by atoms with Gasteiger partial charge in [0.15, 0.2) is 17.3 Å². The van der Waals surface area contributed by atoms with Gasteiger partial charge in [-0.1, -0.05) is 12.1 Å². The lowest BCUT2D eigenvalue weighted by atomic mass is 10.1. The molecule has 0 amide bonds. The molecule has 3 heterocycles. The third kappa shape index (κ3) is 1.27. The third-order valence-electron chi connectivity index (χ3n) is 3.39. The van der Waals surface area contributed by atoms with E-state index in [2.05, 4.69) is 33.5 Å². The molecule has 1 aromatic rings.